The predicted molar refractivity (Wildman–Crippen MR) is 97.1 cm³/mol. The summed E-state index contributed by atoms with van der Waals surface area (Å²) in [4.78, 5) is 12.6. The third-order valence-electron chi connectivity index (χ3n) is 4.25. The maximum Gasteiger partial charge on any atom is 0.194 e. The van der Waals surface area contributed by atoms with Crippen molar-refractivity contribution in [2.24, 2.45) is 0 Å². The average molecular weight is 392 g/mol. The van der Waals surface area contributed by atoms with E-state index in [9.17, 15) is 4.79 Å². The Kier molecular flexibility index (Phi) is 4.87. The van der Waals surface area contributed by atoms with Crippen molar-refractivity contribution in [2.45, 2.75) is 39.5 Å². The molecule has 2 rings (SSSR count). The molecular weight excluding hydrogens is 371 g/mol. The molecule has 0 unspecified atom stereocenters. The number of rotatable bonds is 4. The van der Waals surface area contributed by atoms with E-state index in [1.807, 2.05) is 37.3 Å². The predicted octanol–water partition coefficient (Wildman–Crippen LogP) is 5.52. The maximum absolute atomic E-state index is 12.6. The van der Waals surface area contributed by atoms with Crippen molar-refractivity contribution in [1.82, 2.24) is 0 Å². The molecule has 1 nitrogen and oxygen atoms in total. The molecule has 0 aromatic heterocycles. The Balaban J connectivity index is 2.35. The highest BCUT2D eigenvalue weighted by Gasteiger charge is 2.19. The number of aryl methyl sites for hydroxylation is 1. The van der Waals surface area contributed by atoms with E-state index in [1.165, 1.54) is 5.56 Å². The maximum atomic E-state index is 12.6. The number of halogens is 1. The Bertz CT molecular complexity index is 654. The summed E-state index contributed by atoms with van der Waals surface area (Å²) in [6.45, 7) is 8.68. The molecule has 0 aliphatic heterocycles. The van der Waals surface area contributed by atoms with Gasteiger partial charge in [0, 0.05) is 14.7 Å². The lowest BCUT2D eigenvalue weighted by molar-refractivity contribution is 0.103. The minimum atomic E-state index is 0.101. The Hall–Kier alpha value is -1.16. The van der Waals surface area contributed by atoms with Crippen LogP contribution in [-0.4, -0.2) is 5.78 Å². The number of hydrogen-bond acceptors (Lipinski definition) is 1. The second kappa shape index (κ2) is 6.30. The smallest absolute Gasteiger partial charge is 0.194 e. The molecule has 0 saturated heterocycles. The van der Waals surface area contributed by atoms with Gasteiger partial charge in [0.1, 0.15) is 0 Å². The SMILES string of the molecule is CCC(C)(C)c1ccc(C(=O)c2cccc(C)c2I)cc1. The van der Waals surface area contributed by atoms with Crippen LogP contribution in [0.2, 0.25) is 0 Å². The van der Waals surface area contributed by atoms with Crippen LogP contribution in [0.15, 0.2) is 42.5 Å². The monoisotopic (exact) mass is 392 g/mol. The molecule has 0 aliphatic carbocycles. The number of hydrogen-bond donors (Lipinski definition) is 0. The summed E-state index contributed by atoms with van der Waals surface area (Å²) in [6, 6.07) is 13.9. The van der Waals surface area contributed by atoms with Crippen LogP contribution in [0.5, 0.6) is 0 Å². The standard InChI is InChI=1S/C19H21IO/c1-5-19(3,4)15-11-9-14(10-12-15)18(21)16-8-6-7-13(2)17(16)20/h6-12H,5H2,1-4H3. The lowest BCUT2D eigenvalue weighted by Gasteiger charge is -2.23. The van der Waals surface area contributed by atoms with Crippen molar-refractivity contribution in [3.8, 4) is 0 Å². The quantitative estimate of drug-likeness (QED) is 0.495. The molecule has 2 aromatic carbocycles. The zero-order valence-electron chi connectivity index (χ0n) is 13.0. The molecule has 0 saturated carbocycles. The molecule has 0 bridgehead atoms. The Morgan fingerprint density at radius 1 is 1.10 bits per heavy atom. The number of carbonyl (C=O) groups excluding carboxylic acids is 1. The summed E-state index contributed by atoms with van der Waals surface area (Å²) in [7, 11) is 0. The van der Waals surface area contributed by atoms with Crippen molar-refractivity contribution >= 4 is 28.4 Å². The summed E-state index contributed by atoms with van der Waals surface area (Å²) in [5.41, 5.74) is 4.12. The number of carbonyl (C=O) groups is 1. The van der Waals surface area contributed by atoms with E-state index >= 15 is 0 Å². The second-order valence-electron chi connectivity index (χ2n) is 6.08. The highest BCUT2D eigenvalue weighted by Crippen LogP contribution is 2.27. The fourth-order valence-electron chi connectivity index (χ4n) is 2.26. The summed E-state index contributed by atoms with van der Waals surface area (Å²) < 4.78 is 1.04. The van der Waals surface area contributed by atoms with E-state index in [2.05, 4.69) is 55.5 Å². The highest BCUT2D eigenvalue weighted by atomic mass is 127. The molecule has 0 N–H and O–H groups in total. The van der Waals surface area contributed by atoms with Crippen LogP contribution in [0, 0.1) is 10.5 Å². The van der Waals surface area contributed by atoms with Crippen LogP contribution in [-0.2, 0) is 5.41 Å². The second-order valence-corrected chi connectivity index (χ2v) is 7.16. The number of ketones is 1. The summed E-state index contributed by atoms with van der Waals surface area (Å²) in [5.74, 6) is 0.101. The molecule has 0 amide bonds. The Labute approximate surface area is 140 Å². The molecule has 0 atom stereocenters. The van der Waals surface area contributed by atoms with E-state index in [0.29, 0.717) is 0 Å². The van der Waals surface area contributed by atoms with Crippen molar-refractivity contribution in [3.05, 3.63) is 68.3 Å². The van der Waals surface area contributed by atoms with Gasteiger partial charge < -0.3 is 0 Å². The summed E-state index contributed by atoms with van der Waals surface area (Å²) in [6.07, 6.45) is 1.08. The van der Waals surface area contributed by atoms with Crippen molar-refractivity contribution < 1.29 is 4.79 Å². The zero-order valence-corrected chi connectivity index (χ0v) is 15.2. The Morgan fingerprint density at radius 2 is 1.71 bits per heavy atom. The summed E-state index contributed by atoms with van der Waals surface area (Å²) >= 11 is 2.25. The van der Waals surface area contributed by atoms with Crippen LogP contribution in [0.25, 0.3) is 0 Å². The van der Waals surface area contributed by atoms with Gasteiger partial charge in [0.05, 0.1) is 0 Å². The fourth-order valence-corrected chi connectivity index (χ4v) is 2.86. The minimum absolute atomic E-state index is 0.101. The van der Waals surface area contributed by atoms with Gasteiger partial charge >= 0.3 is 0 Å². The molecule has 0 aliphatic rings. The van der Waals surface area contributed by atoms with Gasteiger partial charge in [-0.2, -0.15) is 0 Å². The fraction of sp³-hybridized carbons (Fsp3) is 0.316. The largest absolute Gasteiger partial charge is 0.289 e. The van der Waals surface area contributed by atoms with Gasteiger partial charge in [-0.1, -0.05) is 57.2 Å². The van der Waals surface area contributed by atoms with Crippen LogP contribution >= 0.6 is 22.6 Å². The van der Waals surface area contributed by atoms with E-state index in [4.69, 9.17) is 0 Å². The van der Waals surface area contributed by atoms with Crippen LogP contribution in [0.1, 0.15) is 54.2 Å². The molecular formula is C19H21IO. The van der Waals surface area contributed by atoms with E-state index in [0.717, 1.165) is 26.7 Å². The number of benzene rings is 2. The van der Waals surface area contributed by atoms with Crippen LogP contribution < -0.4 is 0 Å². The average Bonchev–Trinajstić information content (AvgIpc) is 2.49. The molecule has 0 heterocycles. The first kappa shape index (κ1) is 16.2. The lowest BCUT2D eigenvalue weighted by atomic mass is 9.82. The molecule has 110 valence electrons. The van der Waals surface area contributed by atoms with Gasteiger partial charge in [-0.3, -0.25) is 4.79 Å². The minimum Gasteiger partial charge on any atom is -0.289 e. The molecule has 21 heavy (non-hydrogen) atoms. The zero-order chi connectivity index (χ0) is 15.6. The molecule has 2 heteroatoms. The topological polar surface area (TPSA) is 17.1 Å². The van der Waals surface area contributed by atoms with Crippen molar-refractivity contribution in [3.63, 3.8) is 0 Å². The van der Waals surface area contributed by atoms with Gasteiger partial charge in [0.2, 0.25) is 0 Å². The lowest BCUT2D eigenvalue weighted by Crippen LogP contribution is -2.15. The normalized spacial score (nSPS) is 11.5. The van der Waals surface area contributed by atoms with Gasteiger partial charge in [0.25, 0.3) is 0 Å². The van der Waals surface area contributed by atoms with E-state index < -0.39 is 0 Å². The highest BCUT2D eigenvalue weighted by molar-refractivity contribution is 14.1. The van der Waals surface area contributed by atoms with Crippen LogP contribution in [0.3, 0.4) is 0 Å². The van der Waals surface area contributed by atoms with E-state index in [-0.39, 0.29) is 11.2 Å². The third-order valence-corrected chi connectivity index (χ3v) is 5.68. The first-order chi connectivity index (χ1) is 9.86. The van der Waals surface area contributed by atoms with Gasteiger partial charge in [-0.25, -0.2) is 0 Å². The van der Waals surface area contributed by atoms with Gasteiger partial charge in [0.15, 0.2) is 5.78 Å². The molecule has 0 spiro atoms. The van der Waals surface area contributed by atoms with Gasteiger partial charge in [-0.15, -0.1) is 0 Å². The van der Waals surface area contributed by atoms with E-state index in [1.54, 1.807) is 0 Å². The Morgan fingerprint density at radius 3 is 2.29 bits per heavy atom. The van der Waals surface area contributed by atoms with Gasteiger partial charge in [-0.05, 0) is 58.5 Å². The molecule has 0 radical (unpaired) electrons. The summed E-state index contributed by atoms with van der Waals surface area (Å²) in [5, 5.41) is 0. The third kappa shape index (κ3) is 3.37. The first-order valence-corrected chi connectivity index (χ1v) is 8.35. The van der Waals surface area contributed by atoms with Crippen molar-refractivity contribution in [1.29, 1.82) is 0 Å². The molecule has 0 fully saturated rings. The molecule has 2 aromatic rings. The first-order valence-electron chi connectivity index (χ1n) is 7.27. The van der Waals surface area contributed by atoms with Crippen molar-refractivity contribution in [2.75, 3.05) is 0 Å². The van der Waals surface area contributed by atoms with Crippen LogP contribution in [0.4, 0.5) is 0 Å².